The van der Waals surface area contributed by atoms with Gasteiger partial charge in [-0.05, 0) is 42.8 Å². The lowest BCUT2D eigenvalue weighted by atomic mass is 10.1. The number of anilines is 2. The van der Waals surface area contributed by atoms with Gasteiger partial charge in [-0.1, -0.05) is 54.6 Å². The van der Waals surface area contributed by atoms with Crippen LogP contribution in [0.25, 0.3) is 0 Å². The van der Waals surface area contributed by atoms with Crippen LogP contribution in [0.4, 0.5) is 11.4 Å². The van der Waals surface area contributed by atoms with Crippen LogP contribution in [0.5, 0.6) is 0 Å². The summed E-state index contributed by atoms with van der Waals surface area (Å²) in [4.78, 5) is 28.7. The molecule has 1 unspecified atom stereocenters. The summed E-state index contributed by atoms with van der Waals surface area (Å²) >= 11 is 0. The van der Waals surface area contributed by atoms with E-state index in [9.17, 15) is 9.59 Å². The molecule has 0 aliphatic heterocycles. The summed E-state index contributed by atoms with van der Waals surface area (Å²) in [6.07, 6.45) is 0. The Morgan fingerprint density at radius 3 is 2.13 bits per heavy atom. The highest BCUT2D eigenvalue weighted by Gasteiger charge is 2.19. The standard InChI is InChI=1S/C25H27N3O2/c1-19(20-11-6-4-7-12-20)28(23-15-8-5-9-16-23)18-24(29)26-22-14-10-13-21(17-22)25(30)27(2)3/h4-17,19H,18H2,1-3H3,(H,26,29). The average Bonchev–Trinajstić information content (AvgIpc) is 2.77. The Morgan fingerprint density at radius 2 is 1.50 bits per heavy atom. The number of amides is 2. The Labute approximate surface area is 177 Å². The van der Waals surface area contributed by atoms with Gasteiger partial charge in [-0.15, -0.1) is 0 Å². The Morgan fingerprint density at radius 1 is 0.867 bits per heavy atom. The Kier molecular flexibility index (Phi) is 6.86. The molecule has 0 fully saturated rings. The highest BCUT2D eigenvalue weighted by molar-refractivity contribution is 5.98. The number of benzene rings is 3. The monoisotopic (exact) mass is 401 g/mol. The first-order chi connectivity index (χ1) is 14.5. The second-order valence-electron chi connectivity index (χ2n) is 7.38. The molecule has 0 aliphatic carbocycles. The predicted molar refractivity (Wildman–Crippen MR) is 122 cm³/mol. The summed E-state index contributed by atoms with van der Waals surface area (Å²) in [5.41, 5.74) is 3.25. The maximum Gasteiger partial charge on any atom is 0.253 e. The van der Waals surface area contributed by atoms with Crippen molar-refractivity contribution < 1.29 is 9.59 Å². The van der Waals surface area contributed by atoms with Crippen LogP contribution in [-0.4, -0.2) is 37.4 Å². The zero-order chi connectivity index (χ0) is 21.5. The Hall–Kier alpha value is -3.60. The van der Waals surface area contributed by atoms with Crippen LogP contribution in [-0.2, 0) is 4.79 Å². The van der Waals surface area contributed by atoms with E-state index in [0.717, 1.165) is 11.3 Å². The largest absolute Gasteiger partial charge is 0.355 e. The summed E-state index contributed by atoms with van der Waals surface area (Å²) < 4.78 is 0. The minimum absolute atomic E-state index is 0.0148. The highest BCUT2D eigenvalue weighted by Crippen LogP contribution is 2.26. The smallest absolute Gasteiger partial charge is 0.253 e. The van der Waals surface area contributed by atoms with Gasteiger partial charge in [0.1, 0.15) is 0 Å². The summed E-state index contributed by atoms with van der Waals surface area (Å²) in [6, 6.07) is 27.0. The molecule has 154 valence electrons. The molecule has 3 aromatic carbocycles. The lowest BCUT2D eigenvalue weighted by Crippen LogP contribution is -2.35. The number of nitrogens with zero attached hydrogens (tertiary/aromatic N) is 2. The number of carbonyl (C=O) groups is 2. The van der Waals surface area contributed by atoms with E-state index in [1.165, 1.54) is 4.90 Å². The maximum atomic E-state index is 12.9. The van der Waals surface area contributed by atoms with Crippen LogP contribution in [0.2, 0.25) is 0 Å². The van der Waals surface area contributed by atoms with Crippen LogP contribution >= 0.6 is 0 Å². The lowest BCUT2D eigenvalue weighted by molar-refractivity contribution is -0.115. The summed E-state index contributed by atoms with van der Waals surface area (Å²) in [7, 11) is 3.41. The van der Waals surface area contributed by atoms with E-state index < -0.39 is 0 Å². The molecule has 1 N–H and O–H groups in total. The Balaban J connectivity index is 1.79. The van der Waals surface area contributed by atoms with Crippen molar-refractivity contribution >= 4 is 23.2 Å². The zero-order valence-electron chi connectivity index (χ0n) is 17.6. The van der Waals surface area contributed by atoms with Gasteiger partial charge >= 0.3 is 0 Å². The van der Waals surface area contributed by atoms with E-state index in [-0.39, 0.29) is 24.4 Å². The minimum Gasteiger partial charge on any atom is -0.355 e. The molecule has 0 radical (unpaired) electrons. The second kappa shape index (κ2) is 9.74. The van der Waals surface area contributed by atoms with Crippen LogP contribution in [0, 0.1) is 0 Å². The fourth-order valence-corrected chi connectivity index (χ4v) is 3.33. The molecule has 0 saturated carbocycles. The molecular weight excluding hydrogens is 374 g/mol. The van der Waals surface area contributed by atoms with Crippen molar-refractivity contribution in [2.24, 2.45) is 0 Å². The van der Waals surface area contributed by atoms with E-state index in [1.807, 2.05) is 48.5 Å². The third-order valence-electron chi connectivity index (χ3n) is 4.95. The van der Waals surface area contributed by atoms with Gasteiger partial charge in [0.05, 0.1) is 12.6 Å². The van der Waals surface area contributed by atoms with Gasteiger partial charge in [0.2, 0.25) is 5.91 Å². The lowest BCUT2D eigenvalue weighted by Gasteiger charge is -2.31. The Bertz CT molecular complexity index is 988. The third kappa shape index (κ3) is 5.26. The SMILES string of the molecule is CC(c1ccccc1)N(CC(=O)Nc1cccc(C(=O)N(C)C)c1)c1ccccc1. The normalized spacial score (nSPS) is 11.4. The minimum atomic E-state index is -0.143. The van der Waals surface area contributed by atoms with Crippen LogP contribution in [0.15, 0.2) is 84.9 Å². The molecule has 30 heavy (non-hydrogen) atoms. The molecule has 0 aliphatic rings. The molecule has 3 aromatic rings. The molecule has 5 heteroatoms. The van der Waals surface area contributed by atoms with E-state index in [1.54, 1.807) is 38.4 Å². The molecular formula is C25H27N3O2. The van der Waals surface area contributed by atoms with Crippen molar-refractivity contribution in [3.63, 3.8) is 0 Å². The van der Waals surface area contributed by atoms with Crippen molar-refractivity contribution in [2.75, 3.05) is 30.9 Å². The molecule has 0 saturated heterocycles. The number of nitrogens with one attached hydrogen (secondary N) is 1. The van der Waals surface area contributed by atoms with E-state index in [4.69, 9.17) is 0 Å². The predicted octanol–water partition coefficient (Wildman–Crippen LogP) is 4.59. The quantitative estimate of drug-likeness (QED) is 0.630. The number of rotatable bonds is 7. The molecule has 1 atom stereocenters. The molecule has 0 bridgehead atoms. The van der Waals surface area contributed by atoms with Crippen LogP contribution in [0.3, 0.4) is 0 Å². The van der Waals surface area contributed by atoms with E-state index in [2.05, 4.69) is 29.3 Å². The van der Waals surface area contributed by atoms with Crippen LogP contribution in [0.1, 0.15) is 28.9 Å². The molecule has 0 heterocycles. The number of hydrogen-bond donors (Lipinski definition) is 1. The first kappa shape index (κ1) is 21.1. The summed E-state index contributed by atoms with van der Waals surface area (Å²) in [5, 5.41) is 2.93. The molecule has 0 aromatic heterocycles. The maximum absolute atomic E-state index is 12.9. The highest BCUT2D eigenvalue weighted by atomic mass is 16.2. The molecule has 5 nitrogen and oxygen atoms in total. The van der Waals surface area contributed by atoms with Gasteiger partial charge in [-0.2, -0.15) is 0 Å². The van der Waals surface area contributed by atoms with Crippen molar-refractivity contribution in [1.82, 2.24) is 4.90 Å². The zero-order valence-corrected chi connectivity index (χ0v) is 17.6. The van der Waals surface area contributed by atoms with Crippen LogP contribution < -0.4 is 10.2 Å². The van der Waals surface area contributed by atoms with Gasteiger partial charge in [0.25, 0.3) is 5.91 Å². The number of para-hydroxylation sites is 1. The van der Waals surface area contributed by atoms with Gasteiger partial charge in [0, 0.05) is 31.0 Å². The van der Waals surface area contributed by atoms with Gasteiger partial charge in [-0.3, -0.25) is 9.59 Å². The third-order valence-corrected chi connectivity index (χ3v) is 4.95. The first-order valence-corrected chi connectivity index (χ1v) is 9.94. The van der Waals surface area contributed by atoms with Gasteiger partial charge in [0.15, 0.2) is 0 Å². The molecule has 3 rings (SSSR count). The molecule has 2 amide bonds. The fraction of sp³-hybridized carbons (Fsp3) is 0.200. The van der Waals surface area contributed by atoms with E-state index in [0.29, 0.717) is 11.3 Å². The first-order valence-electron chi connectivity index (χ1n) is 9.94. The average molecular weight is 402 g/mol. The van der Waals surface area contributed by atoms with E-state index >= 15 is 0 Å². The van der Waals surface area contributed by atoms with Gasteiger partial charge in [-0.25, -0.2) is 0 Å². The van der Waals surface area contributed by atoms with Crippen molar-refractivity contribution in [3.05, 3.63) is 96.1 Å². The molecule has 0 spiro atoms. The van der Waals surface area contributed by atoms with Crippen molar-refractivity contribution in [3.8, 4) is 0 Å². The van der Waals surface area contributed by atoms with Gasteiger partial charge < -0.3 is 15.1 Å². The van der Waals surface area contributed by atoms with Crippen molar-refractivity contribution in [2.45, 2.75) is 13.0 Å². The fourth-order valence-electron chi connectivity index (χ4n) is 3.33. The number of hydrogen-bond acceptors (Lipinski definition) is 3. The summed E-state index contributed by atoms with van der Waals surface area (Å²) in [5.74, 6) is -0.245. The van der Waals surface area contributed by atoms with Crippen molar-refractivity contribution in [1.29, 1.82) is 0 Å². The summed E-state index contributed by atoms with van der Waals surface area (Å²) in [6.45, 7) is 2.28. The number of carbonyl (C=O) groups excluding carboxylic acids is 2. The second-order valence-corrected chi connectivity index (χ2v) is 7.38. The topological polar surface area (TPSA) is 52.7 Å².